The summed E-state index contributed by atoms with van der Waals surface area (Å²) in [5.41, 5.74) is 2.60. The molecule has 6 nitrogen and oxygen atoms in total. The maximum atomic E-state index is 12.2. The fraction of sp³-hybridized carbons (Fsp3) is 0.421. The van der Waals surface area contributed by atoms with Crippen LogP contribution in [0, 0.1) is 6.92 Å². The molecule has 0 fully saturated rings. The van der Waals surface area contributed by atoms with Crippen molar-refractivity contribution in [2.45, 2.75) is 45.4 Å². The molecule has 0 spiro atoms. The molecular weight excluding hydrogens is 318 g/mol. The predicted molar refractivity (Wildman–Crippen MR) is 96.0 cm³/mol. The fourth-order valence-electron chi connectivity index (χ4n) is 2.63. The summed E-state index contributed by atoms with van der Waals surface area (Å²) in [6, 6.07) is 7.89. The molecule has 1 amide bonds. The highest BCUT2D eigenvalue weighted by Crippen LogP contribution is 2.13. The van der Waals surface area contributed by atoms with Gasteiger partial charge in [0.15, 0.2) is 0 Å². The molecule has 0 aliphatic rings. The number of aryl methyl sites for hydroxylation is 1. The number of rotatable bonds is 10. The highest BCUT2D eigenvalue weighted by molar-refractivity contribution is 5.93. The van der Waals surface area contributed by atoms with E-state index in [0.29, 0.717) is 12.1 Å². The molecule has 0 atom stereocenters. The Kier molecular flexibility index (Phi) is 7.19. The molecule has 25 heavy (non-hydrogen) atoms. The Bertz CT molecular complexity index is 709. The van der Waals surface area contributed by atoms with Crippen LogP contribution in [0.25, 0.3) is 5.69 Å². The van der Waals surface area contributed by atoms with Crippen molar-refractivity contribution in [3.8, 4) is 5.69 Å². The summed E-state index contributed by atoms with van der Waals surface area (Å²) in [4.78, 5) is 22.6. The number of carboxylic acids is 1. The Labute approximate surface area is 147 Å². The van der Waals surface area contributed by atoms with Crippen LogP contribution in [0.15, 0.2) is 36.7 Å². The lowest BCUT2D eigenvalue weighted by Gasteiger charge is -2.05. The Morgan fingerprint density at radius 1 is 1.12 bits per heavy atom. The van der Waals surface area contributed by atoms with E-state index in [1.165, 1.54) is 0 Å². The van der Waals surface area contributed by atoms with Crippen molar-refractivity contribution in [2.75, 3.05) is 6.54 Å². The van der Waals surface area contributed by atoms with Crippen LogP contribution in [0.5, 0.6) is 0 Å². The predicted octanol–water partition coefficient (Wildman–Crippen LogP) is 3.34. The van der Waals surface area contributed by atoms with Gasteiger partial charge in [0.05, 0.1) is 17.4 Å². The average molecular weight is 343 g/mol. The van der Waals surface area contributed by atoms with Crippen LogP contribution in [0.1, 0.15) is 54.4 Å². The number of aromatic nitrogens is 2. The van der Waals surface area contributed by atoms with E-state index >= 15 is 0 Å². The van der Waals surface area contributed by atoms with Gasteiger partial charge in [-0.15, -0.1) is 0 Å². The Hall–Kier alpha value is -2.63. The average Bonchev–Trinajstić information content (AvgIpc) is 3.07. The first-order valence-electron chi connectivity index (χ1n) is 8.68. The molecule has 6 heteroatoms. The molecule has 1 aromatic heterocycles. The fourth-order valence-corrected chi connectivity index (χ4v) is 2.63. The van der Waals surface area contributed by atoms with Gasteiger partial charge < -0.3 is 10.4 Å². The van der Waals surface area contributed by atoms with E-state index in [4.69, 9.17) is 5.11 Å². The maximum absolute atomic E-state index is 12.2. The topological polar surface area (TPSA) is 84.2 Å². The number of carbonyl (C=O) groups is 2. The van der Waals surface area contributed by atoms with Gasteiger partial charge in [-0.1, -0.05) is 37.5 Å². The van der Waals surface area contributed by atoms with Gasteiger partial charge in [-0.05, 0) is 31.4 Å². The van der Waals surface area contributed by atoms with Gasteiger partial charge in [0, 0.05) is 19.2 Å². The lowest BCUT2D eigenvalue weighted by molar-refractivity contribution is -0.137. The van der Waals surface area contributed by atoms with Gasteiger partial charge >= 0.3 is 5.97 Å². The van der Waals surface area contributed by atoms with Crippen molar-refractivity contribution < 1.29 is 14.7 Å². The first-order valence-corrected chi connectivity index (χ1v) is 8.68. The zero-order valence-electron chi connectivity index (χ0n) is 14.6. The van der Waals surface area contributed by atoms with Crippen LogP contribution < -0.4 is 5.32 Å². The van der Waals surface area contributed by atoms with Gasteiger partial charge in [0.1, 0.15) is 0 Å². The SMILES string of the molecule is Cc1ccccc1-n1cc(C(=O)NCCCCCCCC(=O)O)cn1. The molecule has 2 rings (SSSR count). The molecular formula is C19H25N3O3. The van der Waals surface area contributed by atoms with E-state index in [1.54, 1.807) is 17.1 Å². The van der Waals surface area contributed by atoms with E-state index < -0.39 is 5.97 Å². The Balaban J connectivity index is 1.70. The summed E-state index contributed by atoms with van der Waals surface area (Å²) in [5, 5.41) is 15.7. The maximum Gasteiger partial charge on any atom is 0.303 e. The molecule has 2 aromatic rings. The van der Waals surface area contributed by atoms with E-state index in [-0.39, 0.29) is 12.3 Å². The third-order valence-corrected chi connectivity index (χ3v) is 4.06. The number of aliphatic carboxylic acids is 1. The molecule has 0 bridgehead atoms. The Morgan fingerprint density at radius 2 is 1.84 bits per heavy atom. The second-order valence-electron chi connectivity index (χ2n) is 6.13. The van der Waals surface area contributed by atoms with Crippen LogP contribution >= 0.6 is 0 Å². The third kappa shape index (κ3) is 6.06. The summed E-state index contributed by atoms with van der Waals surface area (Å²) in [7, 11) is 0. The van der Waals surface area contributed by atoms with Crippen molar-refractivity contribution in [2.24, 2.45) is 0 Å². The lowest BCUT2D eigenvalue weighted by Crippen LogP contribution is -2.24. The Morgan fingerprint density at radius 3 is 2.60 bits per heavy atom. The number of para-hydroxylation sites is 1. The summed E-state index contributed by atoms with van der Waals surface area (Å²) in [5.74, 6) is -0.857. The van der Waals surface area contributed by atoms with Gasteiger partial charge in [-0.25, -0.2) is 4.68 Å². The summed E-state index contributed by atoms with van der Waals surface area (Å²) >= 11 is 0. The summed E-state index contributed by atoms with van der Waals surface area (Å²) in [6.45, 7) is 2.63. The molecule has 0 unspecified atom stereocenters. The second-order valence-corrected chi connectivity index (χ2v) is 6.13. The molecule has 0 aliphatic carbocycles. The highest BCUT2D eigenvalue weighted by Gasteiger charge is 2.09. The number of hydrogen-bond acceptors (Lipinski definition) is 3. The van der Waals surface area contributed by atoms with Crippen molar-refractivity contribution in [1.29, 1.82) is 0 Å². The molecule has 1 aromatic carbocycles. The summed E-state index contributed by atoms with van der Waals surface area (Å²) < 4.78 is 1.71. The second kappa shape index (κ2) is 9.61. The largest absolute Gasteiger partial charge is 0.481 e. The standard InChI is InChI=1S/C19H25N3O3/c1-15-9-6-7-10-17(15)22-14-16(13-21-22)19(25)20-12-8-4-2-3-5-11-18(23)24/h6-7,9-10,13-14H,2-5,8,11-12H2,1H3,(H,20,25)(H,23,24). The zero-order chi connectivity index (χ0) is 18.1. The van der Waals surface area contributed by atoms with Crippen LogP contribution in [-0.4, -0.2) is 33.3 Å². The minimum Gasteiger partial charge on any atom is -0.481 e. The smallest absolute Gasteiger partial charge is 0.303 e. The van der Waals surface area contributed by atoms with Gasteiger partial charge in [0.25, 0.3) is 5.91 Å². The number of amides is 1. The third-order valence-electron chi connectivity index (χ3n) is 4.06. The van der Waals surface area contributed by atoms with E-state index in [1.807, 2.05) is 31.2 Å². The minimum atomic E-state index is -0.737. The number of nitrogens with zero attached hydrogens (tertiary/aromatic N) is 2. The van der Waals surface area contributed by atoms with Crippen molar-refractivity contribution in [3.05, 3.63) is 47.8 Å². The normalized spacial score (nSPS) is 10.6. The van der Waals surface area contributed by atoms with Gasteiger partial charge in [0.2, 0.25) is 0 Å². The van der Waals surface area contributed by atoms with E-state index in [0.717, 1.165) is 43.4 Å². The van der Waals surface area contributed by atoms with Crippen molar-refractivity contribution in [3.63, 3.8) is 0 Å². The zero-order valence-corrected chi connectivity index (χ0v) is 14.6. The number of benzene rings is 1. The summed E-state index contributed by atoms with van der Waals surface area (Å²) in [6.07, 6.45) is 8.07. The first-order chi connectivity index (χ1) is 12.1. The number of carboxylic acid groups (broad SMARTS) is 1. The van der Waals surface area contributed by atoms with Crippen LogP contribution in [-0.2, 0) is 4.79 Å². The molecule has 2 N–H and O–H groups in total. The number of hydrogen-bond donors (Lipinski definition) is 2. The quantitative estimate of drug-likeness (QED) is 0.648. The van der Waals surface area contributed by atoms with Gasteiger partial charge in [-0.2, -0.15) is 5.10 Å². The molecule has 0 saturated carbocycles. The minimum absolute atomic E-state index is 0.120. The van der Waals surface area contributed by atoms with E-state index in [2.05, 4.69) is 10.4 Å². The number of carbonyl (C=O) groups excluding carboxylic acids is 1. The molecule has 134 valence electrons. The van der Waals surface area contributed by atoms with Gasteiger partial charge in [-0.3, -0.25) is 9.59 Å². The highest BCUT2D eigenvalue weighted by atomic mass is 16.4. The monoisotopic (exact) mass is 343 g/mol. The molecule has 0 saturated heterocycles. The molecule has 0 radical (unpaired) electrons. The van der Waals surface area contributed by atoms with E-state index in [9.17, 15) is 9.59 Å². The lowest BCUT2D eigenvalue weighted by atomic mass is 10.1. The first kappa shape index (κ1) is 18.7. The van der Waals surface area contributed by atoms with Crippen LogP contribution in [0.2, 0.25) is 0 Å². The number of unbranched alkanes of at least 4 members (excludes halogenated alkanes) is 4. The number of nitrogens with one attached hydrogen (secondary N) is 1. The molecule has 1 heterocycles. The molecule has 0 aliphatic heterocycles. The van der Waals surface area contributed by atoms with Crippen molar-refractivity contribution >= 4 is 11.9 Å². The van der Waals surface area contributed by atoms with Crippen molar-refractivity contribution in [1.82, 2.24) is 15.1 Å². The van der Waals surface area contributed by atoms with Crippen LogP contribution in [0.3, 0.4) is 0 Å². The van der Waals surface area contributed by atoms with Crippen LogP contribution in [0.4, 0.5) is 0 Å².